The molecule has 1 aromatic heterocycles. The average molecular weight is 518 g/mol. The van der Waals surface area contributed by atoms with Gasteiger partial charge in [-0.3, -0.25) is 14.3 Å². The van der Waals surface area contributed by atoms with Crippen molar-refractivity contribution in [2.24, 2.45) is 7.05 Å². The first-order valence-corrected chi connectivity index (χ1v) is 13.1. The van der Waals surface area contributed by atoms with Gasteiger partial charge in [0.2, 0.25) is 0 Å². The standard InChI is InChI=1S/C29H35N5O4/c1-21-26(20-32(3)30-21)29(36)34-10-9-31(2)28(35)23-6-4-5-22(17-23)18-24-19-25(33-11-14-37-15-12-33)7-8-27(24)38-16-13-34/h4-8,17,19-20H,9-16,18H2,1-3H3. The first-order valence-electron chi connectivity index (χ1n) is 13.1. The number of aryl methyl sites for hydroxylation is 2. The fourth-order valence-electron chi connectivity index (χ4n) is 5.05. The molecule has 2 amide bonds. The molecule has 0 unspecified atom stereocenters. The Balaban J connectivity index is 1.47. The predicted octanol–water partition coefficient (Wildman–Crippen LogP) is 2.76. The summed E-state index contributed by atoms with van der Waals surface area (Å²) in [4.78, 5) is 32.5. The van der Waals surface area contributed by atoms with Crippen LogP contribution in [0.25, 0.3) is 0 Å². The van der Waals surface area contributed by atoms with Gasteiger partial charge in [0.1, 0.15) is 12.4 Å². The van der Waals surface area contributed by atoms with Gasteiger partial charge >= 0.3 is 0 Å². The molecule has 200 valence electrons. The quantitative estimate of drug-likeness (QED) is 0.520. The number of amides is 2. The maximum atomic E-state index is 13.5. The monoisotopic (exact) mass is 517 g/mol. The van der Waals surface area contributed by atoms with Crippen LogP contribution < -0.4 is 9.64 Å². The number of hydrogen-bond acceptors (Lipinski definition) is 6. The summed E-state index contributed by atoms with van der Waals surface area (Å²) in [6.45, 7) is 6.49. The average Bonchev–Trinajstić information content (AvgIpc) is 3.28. The van der Waals surface area contributed by atoms with E-state index in [0.717, 1.165) is 35.7 Å². The van der Waals surface area contributed by atoms with Crippen LogP contribution in [0.5, 0.6) is 5.75 Å². The lowest BCUT2D eigenvalue weighted by atomic mass is 10.0. The van der Waals surface area contributed by atoms with Crippen molar-refractivity contribution in [1.82, 2.24) is 19.6 Å². The lowest BCUT2D eigenvalue weighted by Gasteiger charge is -2.30. The molecule has 0 radical (unpaired) electrons. The maximum absolute atomic E-state index is 13.5. The van der Waals surface area contributed by atoms with E-state index in [1.807, 2.05) is 37.3 Å². The third-order valence-electron chi connectivity index (χ3n) is 7.19. The van der Waals surface area contributed by atoms with E-state index in [1.165, 1.54) is 0 Å². The summed E-state index contributed by atoms with van der Waals surface area (Å²) in [5.74, 6) is 0.613. The zero-order valence-corrected chi connectivity index (χ0v) is 22.4. The highest BCUT2D eigenvalue weighted by atomic mass is 16.5. The number of anilines is 1. The molecule has 1 fully saturated rings. The van der Waals surface area contributed by atoms with Crippen molar-refractivity contribution in [2.45, 2.75) is 13.3 Å². The Kier molecular flexibility index (Phi) is 7.64. The first kappa shape index (κ1) is 25.8. The summed E-state index contributed by atoms with van der Waals surface area (Å²) >= 11 is 0. The van der Waals surface area contributed by atoms with Gasteiger partial charge in [-0.15, -0.1) is 0 Å². The zero-order valence-electron chi connectivity index (χ0n) is 22.4. The Hall–Kier alpha value is -3.85. The molecule has 38 heavy (non-hydrogen) atoms. The number of rotatable bonds is 2. The Morgan fingerprint density at radius 1 is 0.947 bits per heavy atom. The summed E-state index contributed by atoms with van der Waals surface area (Å²) in [6.07, 6.45) is 2.38. The largest absolute Gasteiger partial charge is 0.491 e. The fraction of sp³-hybridized carbons (Fsp3) is 0.414. The van der Waals surface area contributed by atoms with Gasteiger partial charge in [0.25, 0.3) is 11.8 Å². The number of carbonyl (C=O) groups is 2. The molecule has 5 rings (SSSR count). The summed E-state index contributed by atoms with van der Waals surface area (Å²) in [6, 6.07) is 14.1. The molecule has 2 aliphatic heterocycles. The highest BCUT2D eigenvalue weighted by Crippen LogP contribution is 2.29. The third-order valence-corrected chi connectivity index (χ3v) is 7.19. The van der Waals surface area contributed by atoms with Gasteiger partial charge < -0.3 is 24.2 Å². The van der Waals surface area contributed by atoms with Crippen molar-refractivity contribution in [3.63, 3.8) is 0 Å². The molecule has 3 heterocycles. The normalized spacial score (nSPS) is 17.0. The van der Waals surface area contributed by atoms with Gasteiger partial charge in [0.15, 0.2) is 0 Å². The molecule has 0 atom stereocenters. The Morgan fingerprint density at radius 2 is 1.76 bits per heavy atom. The van der Waals surface area contributed by atoms with Crippen molar-refractivity contribution in [2.75, 3.05) is 64.5 Å². The molecule has 9 heteroatoms. The number of fused-ring (bicyclic) bond motifs is 3. The minimum absolute atomic E-state index is 0.0626. The van der Waals surface area contributed by atoms with E-state index in [0.29, 0.717) is 62.7 Å². The number of likely N-dealkylation sites (N-methyl/N-ethyl adjacent to an activating group) is 1. The Labute approximate surface area is 223 Å². The minimum atomic E-state index is -0.114. The van der Waals surface area contributed by atoms with Crippen LogP contribution in [-0.2, 0) is 18.2 Å². The molecule has 2 aromatic carbocycles. The molecule has 0 N–H and O–H groups in total. The van der Waals surface area contributed by atoms with Crippen LogP contribution in [0.1, 0.15) is 37.5 Å². The van der Waals surface area contributed by atoms with Gasteiger partial charge in [0, 0.05) is 69.7 Å². The highest BCUT2D eigenvalue weighted by Gasteiger charge is 2.23. The number of aromatic nitrogens is 2. The van der Waals surface area contributed by atoms with E-state index >= 15 is 0 Å². The van der Waals surface area contributed by atoms with Crippen LogP contribution in [0.15, 0.2) is 48.7 Å². The van der Waals surface area contributed by atoms with Crippen LogP contribution in [-0.4, -0.2) is 91.0 Å². The molecule has 0 spiro atoms. The molecule has 3 aromatic rings. The van der Waals surface area contributed by atoms with Gasteiger partial charge in [0.05, 0.1) is 31.0 Å². The van der Waals surface area contributed by atoms with Crippen molar-refractivity contribution >= 4 is 17.5 Å². The number of benzene rings is 2. The van der Waals surface area contributed by atoms with E-state index in [4.69, 9.17) is 9.47 Å². The van der Waals surface area contributed by atoms with E-state index in [9.17, 15) is 9.59 Å². The van der Waals surface area contributed by atoms with Crippen LogP contribution >= 0.6 is 0 Å². The van der Waals surface area contributed by atoms with Crippen LogP contribution in [0.3, 0.4) is 0 Å². The van der Waals surface area contributed by atoms with Crippen LogP contribution in [0.2, 0.25) is 0 Å². The zero-order chi connectivity index (χ0) is 26.6. The van der Waals surface area contributed by atoms with Gasteiger partial charge in [-0.05, 0) is 42.8 Å². The SMILES string of the molecule is Cc1nn(C)cc1C(=O)N1CCOc2ccc(N3CCOCC3)cc2Cc2cccc(c2)C(=O)N(C)CC1. The predicted molar refractivity (Wildman–Crippen MR) is 145 cm³/mol. The smallest absolute Gasteiger partial charge is 0.257 e. The lowest BCUT2D eigenvalue weighted by molar-refractivity contribution is 0.0667. The number of nitrogens with zero attached hydrogens (tertiary/aromatic N) is 5. The van der Waals surface area contributed by atoms with Crippen molar-refractivity contribution in [3.05, 3.63) is 76.6 Å². The molecule has 2 aliphatic rings. The van der Waals surface area contributed by atoms with Gasteiger partial charge in [-0.25, -0.2) is 0 Å². The van der Waals surface area contributed by atoms with Gasteiger partial charge in [-0.1, -0.05) is 12.1 Å². The maximum Gasteiger partial charge on any atom is 0.257 e. The van der Waals surface area contributed by atoms with E-state index in [2.05, 4.69) is 22.1 Å². The number of morpholine rings is 1. The molecular weight excluding hydrogens is 482 g/mol. The summed E-state index contributed by atoms with van der Waals surface area (Å²) < 4.78 is 13.5. The summed E-state index contributed by atoms with van der Waals surface area (Å²) in [7, 11) is 3.58. The molecule has 1 saturated heterocycles. The van der Waals surface area contributed by atoms with Crippen molar-refractivity contribution < 1.29 is 19.1 Å². The van der Waals surface area contributed by atoms with Gasteiger partial charge in [-0.2, -0.15) is 5.10 Å². The Morgan fingerprint density at radius 3 is 2.53 bits per heavy atom. The summed E-state index contributed by atoms with van der Waals surface area (Å²) in [5, 5.41) is 4.33. The second-order valence-corrected chi connectivity index (χ2v) is 9.94. The third kappa shape index (κ3) is 5.67. The molecule has 9 nitrogen and oxygen atoms in total. The van der Waals surface area contributed by atoms with Crippen LogP contribution in [0, 0.1) is 6.92 Å². The number of carbonyl (C=O) groups excluding carboxylic acids is 2. The van der Waals surface area contributed by atoms with Crippen molar-refractivity contribution in [1.29, 1.82) is 0 Å². The van der Waals surface area contributed by atoms with E-state index in [1.54, 1.807) is 34.8 Å². The lowest BCUT2D eigenvalue weighted by Crippen LogP contribution is -2.41. The number of hydrogen-bond donors (Lipinski definition) is 0. The second-order valence-electron chi connectivity index (χ2n) is 9.94. The van der Waals surface area contributed by atoms with Crippen molar-refractivity contribution in [3.8, 4) is 5.75 Å². The topological polar surface area (TPSA) is 80.1 Å². The van der Waals surface area contributed by atoms with Crippen LogP contribution in [0.4, 0.5) is 5.69 Å². The Bertz CT molecular complexity index is 1310. The highest BCUT2D eigenvalue weighted by molar-refractivity contribution is 5.95. The van der Waals surface area contributed by atoms with E-state index in [-0.39, 0.29) is 11.8 Å². The molecule has 0 saturated carbocycles. The molecular formula is C29H35N5O4. The molecule has 2 bridgehead atoms. The fourth-order valence-corrected chi connectivity index (χ4v) is 5.05. The second kappa shape index (κ2) is 11.3. The number of ether oxygens (including phenoxy) is 2. The minimum Gasteiger partial charge on any atom is -0.491 e. The van der Waals surface area contributed by atoms with E-state index < -0.39 is 0 Å². The first-order chi connectivity index (χ1) is 18.4. The molecule has 0 aliphatic carbocycles. The summed E-state index contributed by atoms with van der Waals surface area (Å²) in [5.41, 5.74) is 5.10.